The number of nitrogens with two attached hydrogens (primary N) is 1. The first-order valence-corrected chi connectivity index (χ1v) is 7.30. The Hall–Kier alpha value is -1.37. The molecule has 1 unspecified atom stereocenters. The molecule has 1 atom stereocenters. The summed E-state index contributed by atoms with van der Waals surface area (Å²) in [7, 11) is 0. The third kappa shape index (κ3) is 3.39. The molecular formula is C14H19FN4S. The van der Waals surface area contributed by atoms with Crippen LogP contribution in [0.25, 0.3) is 0 Å². The van der Waals surface area contributed by atoms with Crippen LogP contribution in [-0.4, -0.2) is 9.97 Å². The lowest BCUT2D eigenvalue weighted by atomic mass is 9.93. The summed E-state index contributed by atoms with van der Waals surface area (Å²) in [6.45, 7) is 6.35. The van der Waals surface area contributed by atoms with Gasteiger partial charge in [-0.2, -0.15) is 0 Å². The van der Waals surface area contributed by atoms with Crippen molar-refractivity contribution >= 4 is 11.3 Å². The van der Waals surface area contributed by atoms with E-state index in [9.17, 15) is 4.39 Å². The van der Waals surface area contributed by atoms with Crippen LogP contribution in [0.1, 0.15) is 43.1 Å². The molecule has 2 heterocycles. The standard InChI is InChI=1S/C14H19FN4S/c1-14(2,3)12-8-20-13(18-12)6-11(19-16)9-4-5-17-7-10(9)15/h4-5,7-8,11,19H,6,16H2,1-3H3. The highest BCUT2D eigenvalue weighted by Gasteiger charge is 2.20. The van der Waals surface area contributed by atoms with E-state index in [1.54, 1.807) is 23.6 Å². The highest BCUT2D eigenvalue weighted by Crippen LogP contribution is 2.27. The number of hydrogen-bond acceptors (Lipinski definition) is 5. The quantitative estimate of drug-likeness (QED) is 0.672. The van der Waals surface area contributed by atoms with E-state index in [0.29, 0.717) is 12.0 Å². The van der Waals surface area contributed by atoms with Crippen molar-refractivity contribution in [1.82, 2.24) is 15.4 Å². The number of halogens is 1. The van der Waals surface area contributed by atoms with E-state index in [-0.39, 0.29) is 17.3 Å². The van der Waals surface area contributed by atoms with Gasteiger partial charge in [-0.3, -0.25) is 16.3 Å². The molecule has 0 saturated heterocycles. The second kappa shape index (κ2) is 5.95. The number of hydrogen-bond donors (Lipinski definition) is 2. The van der Waals surface area contributed by atoms with Crippen LogP contribution in [0.3, 0.4) is 0 Å². The first kappa shape index (κ1) is 15.0. The number of nitrogens with one attached hydrogen (secondary N) is 1. The number of hydrazine groups is 1. The maximum Gasteiger partial charge on any atom is 0.146 e. The van der Waals surface area contributed by atoms with Gasteiger partial charge in [0.25, 0.3) is 0 Å². The van der Waals surface area contributed by atoms with E-state index in [0.717, 1.165) is 10.7 Å². The van der Waals surface area contributed by atoms with Crippen molar-refractivity contribution in [3.05, 3.63) is 45.9 Å². The molecule has 0 spiro atoms. The maximum absolute atomic E-state index is 13.7. The molecule has 0 radical (unpaired) electrons. The average Bonchev–Trinajstić information content (AvgIpc) is 2.85. The lowest BCUT2D eigenvalue weighted by Gasteiger charge is -2.16. The molecule has 3 N–H and O–H groups in total. The minimum atomic E-state index is -0.358. The molecule has 0 fully saturated rings. The maximum atomic E-state index is 13.7. The van der Waals surface area contributed by atoms with E-state index in [2.05, 4.69) is 36.2 Å². The summed E-state index contributed by atoms with van der Waals surface area (Å²) >= 11 is 1.58. The molecule has 2 rings (SSSR count). The average molecular weight is 294 g/mol. The fraction of sp³-hybridized carbons (Fsp3) is 0.429. The molecule has 0 aliphatic carbocycles. The van der Waals surface area contributed by atoms with Crippen LogP contribution < -0.4 is 11.3 Å². The topological polar surface area (TPSA) is 63.8 Å². The van der Waals surface area contributed by atoms with Gasteiger partial charge in [0.05, 0.1) is 22.9 Å². The van der Waals surface area contributed by atoms with Crippen molar-refractivity contribution in [2.75, 3.05) is 0 Å². The van der Waals surface area contributed by atoms with Crippen LogP contribution in [0, 0.1) is 5.82 Å². The van der Waals surface area contributed by atoms with Crippen molar-refractivity contribution in [3.8, 4) is 0 Å². The summed E-state index contributed by atoms with van der Waals surface area (Å²) < 4.78 is 13.7. The molecule has 0 aliphatic rings. The van der Waals surface area contributed by atoms with E-state index < -0.39 is 0 Å². The summed E-state index contributed by atoms with van der Waals surface area (Å²) in [6.07, 6.45) is 3.31. The van der Waals surface area contributed by atoms with E-state index in [1.807, 2.05) is 5.38 Å². The largest absolute Gasteiger partial charge is 0.271 e. The Balaban J connectivity index is 2.19. The summed E-state index contributed by atoms with van der Waals surface area (Å²) in [5.74, 6) is 5.20. The summed E-state index contributed by atoms with van der Waals surface area (Å²) in [4.78, 5) is 8.36. The Labute approximate surface area is 122 Å². The zero-order chi connectivity index (χ0) is 14.8. The summed E-state index contributed by atoms with van der Waals surface area (Å²) in [6, 6.07) is 1.33. The van der Waals surface area contributed by atoms with Gasteiger partial charge < -0.3 is 0 Å². The summed E-state index contributed by atoms with van der Waals surface area (Å²) in [5, 5.41) is 2.99. The van der Waals surface area contributed by atoms with E-state index in [1.165, 1.54) is 6.20 Å². The molecule has 108 valence electrons. The van der Waals surface area contributed by atoms with Gasteiger partial charge in [-0.05, 0) is 6.07 Å². The minimum absolute atomic E-state index is 0.0162. The molecule has 20 heavy (non-hydrogen) atoms. The second-order valence-corrected chi connectivity index (χ2v) is 6.64. The molecular weight excluding hydrogens is 275 g/mol. The van der Waals surface area contributed by atoms with Gasteiger partial charge in [-0.1, -0.05) is 20.8 Å². The molecule has 0 amide bonds. The zero-order valence-corrected chi connectivity index (χ0v) is 12.7. The number of thiazole rings is 1. The molecule has 2 aromatic heterocycles. The smallest absolute Gasteiger partial charge is 0.146 e. The number of nitrogens with zero attached hydrogens (tertiary/aromatic N) is 2. The number of pyridine rings is 1. The molecule has 0 aliphatic heterocycles. The van der Waals surface area contributed by atoms with Crippen LogP contribution in [0.5, 0.6) is 0 Å². The highest BCUT2D eigenvalue weighted by atomic mass is 32.1. The zero-order valence-electron chi connectivity index (χ0n) is 11.9. The first-order valence-electron chi connectivity index (χ1n) is 6.42. The normalized spacial score (nSPS) is 13.4. The predicted molar refractivity (Wildman–Crippen MR) is 78.8 cm³/mol. The van der Waals surface area contributed by atoms with Crippen molar-refractivity contribution in [1.29, 1.82) is 0 Å². The lowest BCUT2D eigenvalue weighted by molar-refractivity contribution is 0.504. The SMILES string of the molecule is CC(C)(C)c1csc(CC(NN)c2ccncc2F)n1. The van der Waals surface area contributed by atoms with Gasteiger partial charge in [-0.15, -0.1) is 11.3 Å². The Morgan fingerprint density at radius 1 is 1.45 bits per heavy atom. The van der Waals surface area contributed by atoms with Crippen molar-refractivity contribution in [3.63, 3.8) is 0 Å². The molecule has 6 heteroatoms. The Morgan fingerprint density at radius 3 is 2.75 bits per heavy atom. The van der Waals surface area contributed by atoms with Gasteiger partial charge in [0.1, 0.15) is 5.82 Å². The third-order valence-corrected chi connectivity index (χ3v) is 3.95. The molecule has 0 bridgehead atoms. The number of rotatable bonds is 4. The first-order chi connectivity index (χ1) is 9.41. The van der Waals surface area contributed by atoms with Gasteiger partial charge in [0, 0.05) is 29.0 Å². The highest BCUT2D eigenvalue weighted by molar-refractivity contribution is 7.09. The van der Waals surface area contributed by atoms with E-state index in [4.69, 9.17) is 5.84 Å². The van der Waals surface area contributed by atoms with Crippen LogP contribution >= 0.6 is 11.3 Å². The Kier molecular flexibility index (Phi) is 4.47. The molecule has 0 aromatic carbocycles. The number of aromatic nitrogens is 2. The van der Waals surface area contributed by atoms with Crippen molar-refractivity contribution < 1.29 is 4.39 Å². The van der Waals surface area contributed by atoms with E-state index >= 15 is 0 Å². The lowest BCUT2D eigenvalue weighted by Crippen LogP contribution is -2.30. The van der Waals surface area contributed by atoms with Crippen LogP contribution in [0.15, 0.2) is 23.8 Å². The monoisotopic (exact) mass is 294 g/mol. The Bertz CT molecular complexity index is 577. The van der Waals surface area contributed by atoms with Crippen molar-refractivity contribution in [2.24, 2.45) is 5.84 Å². The third-order valence-electron chi connectivity index (χ3n) is 3.08. The van der Waals surface area contributed by atoms with Crippen LogP contribution in [0.4, 0.5) is 4.39 Å². The second-order valence-electron chi connectivity index (χ2n) is 5.70. The molecule has 0 saturated carbocycles. The Morgan fingerprint density at radius 2 is 2.20 bits per heavy atom. The summed E-state index contributed by atoms with van der Waals surface area (Å²) in [5.41, 5.74) is 4.22. The van der Waals surface area contributed by atoms with Crippen LogP contribution in [0.2, 0.25) is 0 Å². The van der Waals surface area contributed by atoms with Gasteiger partial charge in [0.2, 0.25) is 0 Å². The van der Waals surface area contributed by atoms with Gasteiger partial charge >= 0.3 is 0 Å². The van der Waals surface area contributed by atoms with Crippen molar-refractivity contribution in [2.45, 2.75) is 38.6 Å². The van der Waals surface area contributed by atoms with Crippen LogP contribution in [-0.2, 0) is 11.8 Å². The van der Waals surface area contributed by atoms with Gasteiger partial charge in [-0.25, -0.2) is 9.37 Å². The fourth-order valence-corrected chi connectivity index (χ4v) is 2.92. The fourth-order valence-electron chi connectivity index (χ4n) is 1.85. The molecule has 4 nitrogen and oxygen atoms in total. The minimum Gasteiger partial charge on any atom is -0.271 e. The molecule has 2 aromatic rings. The van der Waals surface area contributed by atoms with Gasteiger partial charge in [0.15, 0.2) is 0 Å². The predicted octanol–water partition coefficient (Wildman–Crippen LogP) is 2.72.